The molecular weight excluding hydrogens is 136 g/mol. The summed E-state index contributed by atoms with van der Waals surface area (Å²) >= 11 is 0. The fourth-order valence-electron chi connectivity index (χ4n) is 3.56. The van der Waals surface area contributed by atoms with Gasteiger partial charge in [0.05, 0.1) is 0 Å². The van der Waals surface area contributed by atoms with E-state index in [0.29, 0.717) is 23.4 Å². The Morgan fingerprint density at radius 1 is 1.27 bits per heavy atom. The van der Waals surface area contributed by atoms with Crippen LogP contribution in [0.1, 0.15) is 39.5 Å². The van der Waals surface area contributed by atoms with Crippen molar-refractivity contribution in [2.75, 3.05) is 6.61 Å². The summed E-state index contributed by atoms with van der Waals surface area (Å²) < 4.78 is 0. The van der Waals surface area contributed by atoms with Crippen LogP contribution in [0, 0.1) is 16.7 Å². The van der Waals surface area contributed by atoms with Crippen LogP contribution in [0.2, 0.25) is 0 Å². The molecule has 0 saturated heterocycles. The summed E-state index contributed by atoms with van der Waals surface area (Å²) in [4.78, 5) is 0. The van der Waals surface area contributed by atoms with Gasteiger partial charge in [-0.05, 0) is 42.4 Å². The maximum Gasteiger partial charge on any atom is 0.0459 e. The first-order valence-corrected chi connectivity index (χ1v) is 4.66. The molecule has 1 spiro atoms. The first-order chi connectivity index (χ1) is 5.05. The third kappa shape index (κ3) is 1.10. The van der Waals surface area contributed by atoms with Crippen LogP contribution < -0.4 is 0 Å². The van der Waals surface area contributed by atoms with Crippen LogP contribution in [0.3, 0.4) is 0 Å². The molecule has 0 atom stereocenters. The summed E-state index contributed by atoms with van der Waals surface area (Å²) in [6.07, 6.45) is 5.40. The fourth-order valence-corrected chi connectivity index (χ4v) is 3.56. The molecule has 0 unspecified atom stereocenters. The maximum absolute atomic E-state index is 8.87. The summed E-state index contributed by atoms with van der Waals surface area (Å²) in [5, 5.41) is 8.87. The van der Waals surface area contributed by atoms with Gasteiger partial charge < -0.3 is 5.11 Å². The predicted molar refractivity (Wildman–Crippen MR) is 45.3 cm³/mol. The van der Waals surface area contributed by atoms with Gasteiger partial charge in [0.1, 0.15) is 0 Å². The average molecular weight is 154 g/mol. The van der Waals surface area contributed by atoms with Crippen molar-refractivity contribution in [3.05, 3.63) is 0 Å². The van der Waals surface area contributed by atoms with E-state index < -0.39 is 0 Å². The molecule has 2 rings (SSSR count). The van der Waals surface area contributed by atoms with Crippen molar-refractivity contribution >= 4 is 0 Å². The van der Waals surface area contributed by atoms with Gasteiger partial charge in [-0.25, -0.2) is 0 Å². The lowest BCUT2D eigenvalue weighted by Gasteiger charge is -2.61. The van der Waals surface area contributed by atoms with Gasteiger partial charge in [-0.1, -0.05) is 13.8 Å². The van der Waals surface area contributed by atoms with Crippen molar-refractivity contribution in [2.24, 2.45) is 16.7 Å². The van der Waals surface area contributed by atoms with Crippen LogP contribution in [0.5, 0.6) is 0 Å². The highest BCUT2D eigenvalue weighted by Crippen LogP contribution is 2.65. The number of hydrogen-bond donors (Lipinski definition) is 1. The van der Waals surface area contributed by atoms with Crippen molar-refractivity contribution in [3.8, 4) is 0 Å². The molecule has 0 aromatic heterocycles. The van der Waals surface area contributed by atoms with E-state index in [1.165, 1.54) is 25.7 Å². The number of hydrogen-bond acceptors (Lipinski definition) is 1. The van der Waals surface area contributed by atoms with Crippen molar-refractivity contribution in [1.29, 1.82) is 0 Å². The Hall–Kier alpha value is -0.0400. The third-order valence-corrected chi connectivity index (χ3v) is 3.41. The summed E-state index contributed by atoms with van der Waals surface area (Å²) in [6, 6.07) is 0. The highest BCUT2D eigenvalue weighted by Gasteiger charge is 2.55. The van der Waals surface area contributed by atoms with E-state index in [9.17, 15) is 0 Å². The third-order valence-electron chi connectivity index (χ3n) is 3.41. The Morgan fingerprint density at radius 2 is 1.82 bits per heavy atom. The highest BCUT2D eigenvalue weighted by atomic mass is 16.3. The van der Waals surface area contributed by atoms with Gasteiger partial charge in [0, 0.05) is 6.61 Å². The van der Waals surface area contributed by atoms with E-state index in [1.54, 1.807) is 0 Å². The molecule has 2 aliphatic carbocycles. The van der Waals surface area contributed by atoms with Crippen molar-refractivity contribution < 1.29 is 5.11 Å². The molecule has 2 aliphatic rings. The number of aliphatic hydroxyl groups is 1. The molecule has 0 bridgehead atoms. The quantitative estimate of drug-likeness (QED) is 0.614. The molecule has 11 heavy (non-hydrogen) atoms. The highest BCUT2D eigenvalue weighted by molar-refractivity contribution is 5.06. The fraction of sp³-hybridized carbons (Fsp3) is 1.00. The molecule has 0 amide bonds. The summed E-state index contributed by atoms with van der Waals surface area (Å²) in [5.74, 6) is 0.645. The van der Waals surface area contributed by atoms with Crippen molar-refractivity contribution in [3.63, 3.8) is 0 Å². The Morgan fingerprint density at radius 3 is 2.18 bits per heavy atom. The molecule has 0 aromatic carbocycles. The molecule has 0 radical (unpaired) electrons. The topological polar surface area (TPSA) is 20.2 Å². The van der Waals surface area contributed by atoms with E-state index in [0.717, 1.165) is 0 Å². The van der Waals surface area contributed by atoms with Crippen molar-refractivity contribution in [1.82, 2.24) is 0 Å². The Kier molecular flexibility index (Phi) is 1.39. The van der Waals surface area contributed by atoms with Gasteiger partial charge >= 0.3 is 0 Å². The maximum atomic E-state index is 8.87. The zero-order valence-corrected chi connectivity index (χ0v) is 7.56. The van der Waals surface area contributed by atoms with Gasteiger partial charge in [-0.15, -0.1) is 0 Å². The Balaban J connectivity index is 1.83. The van der Waals surface area contributed by atoms with Gasteiger partial charge in [0.2, 0.25) is 0 Å². The average Bonchev–Trinajstić information content (AvgIpc) is 1.75. The molecule has 0 heterocycles. The monoisotopic (exact) mass is 154 g/mol. The first kappa shape index (κ1) is 7.60. The van der Waals surface area contributed by atoms with Crippen LogP contribution >= 0.6 is 0 Å². The van der Waals surface area contributed by atoms with Gasteiger partial charge in [0.25, 0.3) is 0 Å². The lowest BCUT2D eigenvalue weighted by molar-refractivity contribution is -0.120. The van der Waals surface area contributed by atoms with E-state index in [2.05, 4.69) is 13.8 Å². The SMILES string of the molecule is CC1(C)CC2(CC(CO)C2)C1. The minimum absolute atomic E-state index is 0.419. The van der Waals surface area contributed by atoms with Crippen LogP contribution in [0.25, 0.3) is 0 Å². The predicted octanol–water partition coefficient (Wildman–Crippen LogP) is 2.20. The molecule has 2 fully saturated rings. The Bertz CT molecular complexity index is 156. The normalized spacial score (nSPS) is 33.0. The smallest absolute Gasteiger partial charge is 0.0459 e. The Labute approximate surface area is 68.8 Å². The second-order valence-electron chi connectivity index (χ2n) is 5.47. The standard InChI is InChI=1S/C10H18O/c1-9(2)6-10(7-9)3-8(4-10)5-11/h8,11H,3-7H2,1-2H3. The zero-order chi connectivity index (χ0) is 8.11. The molecule has 0 aromatic rings. The van der Waals surface area contributed by atoms with E-state index in [-0.39, 0.29) is 0 Å². The number of aliphatic hydroxyl groups excluding tert-OH is 1. The van der Waals surface area contributed by atoms with Crippen LogP contribution in [-0.4, -0.2) is 11.7 Å². The number of rotatable bonds is 1. The van der Waals surface area contributed by atoms with Gasteiger partial charge in [0.15, 0.2) is 0 Å². The van der Waals surface area contributed by atoms with Crippen molar-refractivity contribution in [2.45, 2.75) is 39.5 Å². The van der Waals surface area contributed by atoms with Gasteiger partial charge in [-0.3, -0.25) is 0 Å². The molecule has 1 N–H and O–H groups in total. The first-order valence-electron chi connectivity index (χ1n) is 4.66. The summed E-state index contributed by atoms with van der Waals surface area (Å²) in [7, 11) is 0. The van der Waals surface area contributed by atoms with Crippen LogP contribution in [0.4, 0.5) is 0 Å². The minimum atomic E-state index is 0.419. The van der Waals surface area contributed by atoms with E-state index in [1.807, 2.05) is 0 Å². The molecular formula is C10H18O. The van der Waals surface area contributed by atoms with Crippen LogP contribution in [0.15, 0.2) is 0 Å². The van der Waals surface area contributed by atoms with Crippen LogP contribution in [-0.2, 0) is 0 Å². The van der Waals surface area contributed by atoms with E-state index >= 15 is 0 Å². The summed E-state index contributed by atoms with van der Waals surface area (Å²) in [5.41, 5.74) is 1.30. The van der Waals surface area contributed by atoms with E-state index in [4.69, 9.17) is 5.11 Å². The lowest BCUT2D eigenvalue weighted by Crippen LogP contribution is -2.52. The molecule has 64 valence electrons. The zero-order valence-electron chi connectivity index (χ0n) is 7.56. The minimum Gasteiger partial charge on any atom is -0.396 e. The molecule has 1 heteroatoms. The lowest BCUT2D eigenvalue weighted by atomic mass is 9.44. The largest absolute Gasteiger partial charge is 0.396 e. The second-order valence-corrected chi connectivity index (χ2v) is 5.47. The second kappa shape index (κ2) is 2.01. The summed E-state index contributed by atoms with van der Waals surface area (Å²) in [6.45, 7) is 5.12. The molecule has 1 nitrogen and oxygen atoms in total. The molecule has 2 saturated carbocycles. The van der Waals surface area contributed by atoms with Gasteiger partial charge in [-0.2, -0.15) is 0 Å². The molecule has 0 aliphatic heterocycles.